The molecule has 9 nitrogen and oxygen atoms in total. The number of hydrogen-bond donors (Lipinski definition) is 2. The maximum atomic E-state index is 12.6. The minimum Gasteiger partial charge on any atom is -0.375 e. The van der Waals surface area contributed by atoms with E-state index in [1.807, 2.05) is 0 Å². The Bertz CT molecular complexity index is 796. The molecular formula is C17H24N6O3S. The van der Waals surface area contributed by atoms with Crippen LogP contribution in [0.15, 0.2) is 9.90 Å². The number of carbonyl (C=O) groups excluding carboxylic acids is 2. The third kappa shape index (κ3) is 5.03. The molecule has 2 aromatic heterocycles. The second-order valence-electron chi connectivity index (χ2n) is 6.83. The van der Waals surface area contributed by atoms with Crippen LogP contribution >= 0.6 is 11.3 Å². The molecule has 1 fully saturated rings. The van der Waals surface area contributed by atoms with Crippen molar-refractivity contribution >= 4 is 28.3 Å². The van der Waals surface area contributed by atoms with Crippen LogP contribution in [0.5, 0.6) is 0 Å². The number of hydrogen-bond acceptors (Lipinski definition) is 8. The lowest BCUT2D eigenvalue weighted by molar-refractivity contribution is -0.135. The van der Waals surface area contributed by atoms with Crippen LogP contribution in [0.25, 0.3) is 0 Å². The molecule has 3 rings (SSSR count). The fourth-order valence-corrected chi connectivity index (χ4v) is 3.81. The lowest BCUT2D eigenvalue weighted by Gasteiger charge is -2.30. The molecule has 0 spiro atoms. The first-order valence-electron chi connectivity index (χ1n) is 8.98. The lowest BCUT2D eigenvalue weighted by Crippen LogP contribution is -2.41. The second kappa shape index (κ2) is 8.47. The summed E-state index contributed by atoms with van der Waals surface area (Å²) in [5.74, 6) is 1.06. The average Bonchev–Trinajstić information content (AvgIpc) is 3.28. The Morgan fingerprint density at radius 3 is 2.67 bits per heavy atom. The van der Waals surface area contributed by atoms with Crippen molar-refractivity contribution in [2.75, 3.05) is 19.3 Å². The highest BCUT2D eigenvalue weighted by Crippen LogP contribution is 2.26. The normalized spacial score (nSPS) is 19.6. The Morgan fingerprint density at radius 2 is 2.07 bits per heavy atom. The number of aryl methyl sites for hydroxylation is 1. The van der Waals surface area contributed by atoms with Gasteiger partial charge in [-0.15, -0.1) is 11.3 Å². The summed E-state index contributed by atoms with van der Waals surface area (Å²) in [7, 11) is 1.80. The van der Waals surface area contributed by atoms with E-state index in [1.54, 1.807) is 24.3 Å². The maximum absolute atomic E-state index is 12.6. The molecular weight excluding hydrogens is 368 g/mol. The molecule has 3 N–H and O–H groups in total. The average molecular weight is 392 g/mol. The number of nitrogens with two attached hydrogens (primary N) is 1. The molecule has 27 heavy (non-hydrogen) atoms. The minimum absolute atomic E-state index is 0.00919. The van der Waals surface area contributed by atoms with Gasteiger partial charge in [0.2, 0.25) is 11.8 Å². The van der Waals surface area contributed by atoms with Gasteiger partial charge in [-0.2, -0.15) is 4.98 Å². The summed E-state index contributed by atoms with van der Waals surface area (Å²) >= 11 is 1.25. The smallest absolute Gasteiger partial charge is 0.271 e. The predicted octanol–water partition coefficient (Wildman–Crippen LogP) is 1.41. The van der Waals surface area contributed by atoms with Gasteiger partial charge in [0, 0.05) is 44.3 Å². The van der Waals surface area contributed by atoms with Crippen LogP contribution in [-0.2, 0) is 11.2 Å². The zero-order valence-corrected chi connectivity index (χ0v) is 16.3. The van der Waals surface area contributed by atoms with Crippen LogP contribution in [0.1, 0.15) is 47.9 Å². The summed E-state index contributed by atoms with van der Waals surface area (Å²) in [6.07, 6.45) is 3.64. The quantitative estimate of drug-likeness (QED) is 0.760. The van der Waals surface area contributed by atoms with Crippen molar-refractivity contribution in [2.45, 2.75) is 45.1 Å². The number of rotatable bonds is 6. The standard InChI is InChI=1S/C17H24N6O3S/c1-10-19-14(22-26-10)7-8-23(2)16(25)11-3-5-12(6-4-11)20-15(24)13-9-27-17(18)21-13/h9,11-12H,3-8H2,1-2H3,(H2,18,21)(H,20,24). The van der Waals surface area contributed by atoms with Crippen LogP contribution in [0.2, 0.25) is 0 Å². The van der Waals surface area contributed by atoms with Crippen molar-refractivity contribution in [3.05, 3.63) is 22.8 Å². The number of anilines is 1. The van der Waals surface area contributed by atoms with Crippen LogP contribution in [0, 0.1) is 12.8 Å². The van der Waals surface area contributed by atoms with Crippen LogP contribution in [0.3, 0.4) is 0 Å². The second-order valence-corrected chi connectivity index (χ2v) is 7.72. The molecule has 2 aromatic rings. The highest BCUT2D eigenvalue weighted by atomic mass is 32.1. The van der Waals surface area contributed by atoms with E-state index < -0.39 is 0 Å². The molecule has 0 aliphatic heterocycles. The third-order valence-electron chi connectivity index (χ3n) is 4.78. The van der Waals surface area contributed by atoms with Crippen molar-refractivity contribution in [1.29, 1.82) is 0 Å². The Hall–Kier alpha value is -2.49. The van der Waals surface area contributed by atoms with Gasteiger partial charge in [-0.05, 0) is 25.7 Å². The molecule has 0 aromatic carbocycles. The van der Waals surface area contributed by atoms with Gasteiger partial charge in [-0.3, -0.25) is 9.59 Å². The molecule has 10 heteroatoms. The SMILES string of the molecule is Cc1nc(CCN(C)C(=O)C2CCC(NC(=O)c3csc(N)n3)CC2)no1. The van der Waals surface area contributed by atoms with Gasteiger partial charge < -0.3 is 20.5 Å². The highest BCUT2D eigenvalue weighted by molar-refractivity contribution is 7.13. The van der Waals surface area contributed by atoms with Gasteiger partial charge in [0.15, 0.2) is 11.0 Å². The summed E-state index contributed by atoms with van der Waals surface area (Å²) in [6, 6.07) is 0.0667. The summed E-state index contributed by atoms with van der Waals surface area (Å²) in [6.45, 7) is 2.30. The van der Waals surface area contributed by atoms with Gasteiger partial charge in [0.05, 0.1) is 0 Å². The van der Waals surface area contributed by atoms with Crippen molar-refractivity contribution in [3.63, 3.8) is 0 Å². The number of likely N-dealkylation sites (N-methyl/N-ethyl adjacent to an activating group) is 1. The van der Waals surface area contributed by atoms with Crippen molar-refractivity contribution in [3.8, 4) is 0 Å². The molecule has 0 bridgehead atoms. The van der Waals surface area contributed by atoms with Crippen LogP contribution < -0.4 is 11.1 Å². The van der Waals surface area contributed by atoms with E-state index in [9.17, 15) is 9.59 Å². The number of nitrogens with one attached hydrogen (secondary N) is 1. The molecule has 2 heterocycles. The number of aromatic nitrogens is 3. The molecule has 0 saturated heterocycles. The topological polar surface area (TPSA) is 127 Å². The van der Waals surface area contributed by atoms with Crippen LogP contribution in [-0.4, -0.2) is 51.5 Å². The van der Waals surface area contributed by atoms with E-state index >= 15 is 0 Å². The number of thiazole rings is 1. The minimum atomic E-state index is -0.203. The molecule has 0 unspecified atom stereocenters. The summed E-state index contributed by atoms with van der Waals surface area (Å²) in [4.78, 5) is 34.7. The molecule has 1 aliphatic rings. The Labute approximate surface area is 161 Å². The maximum Gasteiger partial charge on any atom is 0.271 e. The van der Waals surface area contributed by atoms with Crippen molar-refractivity contribution in [1.82, 2.24) is 25.3 Å². The first-order valence-corrected chi connectivity index (χ1v) is 9.86. The number of nitrogen functional groups attached to an aromatic ring is 1. The summed E-state index contributed by atoms with van der Waals surface area (Å²) in [5.41, 5.74) is 5.92. The Morgan fingerprint density at radius 1 is 1.33 bits per heavy atom. The number of amides is 2. The first-order chi connectivity index (χ1) is 12.9. The third-order valence-corrected chi connectivity index (χ3v) is 5.46. The lowest BCUT2D eigenvalue weighted by atomic mass is 9.85. The fraction of sp³-hybridized carbons (Fsp3) is 0.588. The molecule has 0 radical (unpaired) electrons. The zero-order valence-electron chi connectivity index (χ0n) is 15.5. The fourth-order valence-electron chi connectivity index (χ4n) is 3.27. The van der Waals surface area contributed by atoms with E-state index in [-0.39, 0.29) is 23.8 Å². The van der Waals surface area contributed by atoms with Gasteiger partial charge in [0.25, 0.3) is 5.91 Å². The summed E-state index contributed by atoms with van der Waals surface area (Å²) < 4.78 is 4.94. The molecule has 146 valence electrons. The van der Waals surface area contributed by atoms with E-state index in [0.29, 0.717) is 35.5 Å². The Kier molecular flexibility index (Phi) is 6.04. The van der Waals surface area contributed by atoms with Gasteiger partial charge >= 0.3 is 0 Å². The molecule has 2 amide bonds. The van der Waals surface area contributed by atoms with Gasteiger partial charge in [-0.25, -0.2) is 4.98 Å². The first kappa shape index (κ1) is 19.3. The van der Waals surface area contributed by atoms with E-state index in [4.69, 9.17) is 10.3 Å². The van der Waals surface area contributed by atoms with E-state index in [0.717, 1.165) is 25.7 Å². The van der Waals surface area contributed by atoms with E-state index in [2.05, 4.69) is 20.4 Å². The van der Waals surface area contributed by atoms with Gasteiger partial charge in [0.1, 0.15) is 5.69 Å². The highest BCUT2D eigenvalue weighted by Gasteiger charge is 2.29. The van der Waals surface area contributed by atoms with Gasteiger partial charge in [-0.1, -0.05) is 5.16 Å². The summed E-state index contributed by atoms with van der Waals surface area (Å²) in [5, 5.41) is 8.87. The predicted molar refractivity (Wildman–Crippen MR) is 100 cm³/mol. The molecule has 0 atom stereocenters. The van der Waals surface area contributed by atoms with E-state index in [1.165, 1.54) is 11.3 Å². The Balaban J connectivity index is 1.42. The monoisotopic (exact) mass is 392 g/mol. The molecule has 1 saturated carbocycles. The van der Waals surface area contributed by atoms with Crippen LogP contribution in [0.4, 0.5) is 5.13 Å². The number of nitrogens with zero attached hydrogens (tertiary/aromatic N) is 4. The largest absolute Gasteiger partial charge is 0.375 e. The van der Waals surface area contributed by atoms with Crippen molar-refractivity contribution in [2.24, 2.45) is 5.92 Å². The molecule has 1 aliphatic carbocycles. The number of carbonyl (C=O) groups is 2. The zero-order chi connectivity index (χ0) is 19.4. The van der Waals surface area contributed by atoms with Crippen molar-refractivity contribution < 1.29 is 14.1 Å².